The molecule has 28 heavy (non-hydrogen) atoms. The Kier molecular flexibility index (Phi) is 5.34. The Labute approximate surface area is 163 Å². The number of aryl methyl sites for hydroxylation is 1. The second kappa shape index (κ2) is 7.71. The highest BCUT2D eigenvalue weighted by atomic mass is 32.2. The van der Waals surface area contributed by atoms with Crippen molar-refractivity contribution in [3.05, 3.63) is 83.7 Å². The molecule has 0 radical (unpaired) electrons. The first kappa shape index (κ1) is 19.4. The van der Waals surface area contributed by atoms with Crippen molar-refractivity contribution in [2.24, 2.45) is 0 Å². The van der Waals surface area contributed by atoms with Crippen LogP contribution in [0.1, 0.15) is 11.1 Å². The van der Waals surface area contributed by atoms with Gasteiger partial charge in [0.1, 0.15) is 28.9 Å². The molecule has 3 aromatic carbocycles. The van der Waals surface area contributed by atoms with Crippen molar-refractivity contribution in [3.8, 4) is 17.6 Å². The maximum absolute atomic E-state index is 13.7. The zero-order chi connectivity index (χ0) is 20.3. The molecule has 0 aliphatic carbocycles. The lowest BCUT2D eigenvalue weighted by Crippen LogP contribution is -2.26. The Morgan fingerprint density at radius 1 is 1.00 bits per heavy atom. The number of ether oxygens (including phenoxy) is 1. The molecule has 142 valence electrons. The molecule has 0 atom stereocenters. The van der Waals surface area contributed by atoms with Crippen molar-refractivity contribution in [2.75, 3.05) is 11.4 Å². The third-order valence-electron chi connectivity index (χ3n) is 4.19. The summed E-state index contributed by atoms with van der Waals surface area (Å²) in [4.78, 5) is 0.194. The summed E-state index contributed by atoms with van der Waals surface area (Å²) in [5, 5.41) is 9.07. The minimum absolute atomic E-state index is 0.0934. The van der Waals surface area contributed by atoms with Gasteiger partial charge in [0.15, 0.2) is 0 Å². The first-order chi connectivity index (χ1) is 13.3. The molecule has 0 aliphatic heterocycles. The van der Waals surface area contributed by atoms with Gasteiger partial charge in [-0.15, -0.1) is 0 Å². The molecule has 3 aromatic rings. The Morgan fingerprint density at radius 2 is 1.64 bits per heavy atom. The van der Waals surface area contributed by atoms with E-state index in [0.29, 0.717) is 11.4 Å². The smallest absolute Gasteiger partial charge is 0.264 e. The van der Waals surface area contributed by atoms with Crippen molar-refractivity contribution < 1.29 is 17.5 Å². The van der Waals surface area contributed by atoms with Gasteiger partial charge in [0.25, 0.3) is 10.0 Å². The van der Waals surface area contributed by atoms with E-state index in [9.17, 15) is 12.8 Å². The number of hydrogen-bond acceptors (Lipinski definition) is 4. The predicted molar refractivity (Wildman–Crippen MR) is 104 cm³/mol. The summed E-state index contributed by atoms with van der Waals surface area (Å²) >= 11 is 0. The maximum atomic E-state index is 13.7. The van der Waals surface area contributed by atoms with Gasteiger partial charge in [-0.1, -0.05) is 23.8 Å². The van der Waals surface area contributed by atoms with E-state index in [1.807, 2.05) is 6.92 Å². The second-order valence-electron chi connectivity index (χ2n) is 6.11. The lowest BCUT2D eigenvalue weighted by Gasteiger charge is -2.20. The van der Waals surface area contributed by atoms with Crippen LogP contribution in [0.2, 0.25) is 0 Å². The fourth-order valence-corrected chi connectivity index (χ4v) is 3.75. The molecule has 0 saturated carbocycles. The normalized spacial score (nSPS) is 10.9. The standard InChI is InChI=1S/C21H17FN2O3S/c1-15-6-12-18(13-7-15)28(25,26)24(2)16-8-10-17(11-9-16)27-21-5-3-4-20(22)19(21)14-23/h3-13H,1-2H3. The summed E-state index contributed by atoms with van der Waals surface area (Å²) in [7, 11) is -2.23. The van der Waals surface area contributed by atoms with Crippen LogP contribution in [0.15, 0.2) is 71.6 Å². The van der Waals surface area contributed by atoms with Gasteiger partial charge < -0.3 is 4.74 Å². The summed E-state index contributed by atoms with van der Waals surface area (Å²) < 4.78 is 45.9. The number of nitriles is 1. The highest BCUT2D eigenvalue weighted by Crippen LogP contribution is 2.29. The molecule has 0 N–H and O–H groups in total. The third-order valence-corrected chi connectivity index (χ3v) is 5.99. The van der Waals surface area contributed by atoms with Gasteiger partial charge in [-0.2, -0.15) is 5.26 Å². The van der Waals surface area contributed by atoms with E-state index in [1.165, 1.54) is 29.6 Å². The first-order valence-electron chi connectivity index (χ1n) is 8.35. The Hall–Kier alpha value is -3.37. The number of benzene rings is 3. The van der Waals surface area contributed by atoms with Crippen LogP contribution in [0.4, 0.5) is 10.1 Å². The minimum atomic E-state index is -3.70. The van der Waals surface area contributed by atoms with E-state index in [2.05, 4.69) is 0 Å². The molecule has 0 aliphatic rings. The average Bonchev–Trinajstić information content (AvgIpc) is 2.68. The monoisotopic (exact) mass is 396 g/mol. The van der Waals surface area contributed by atoms with Gasteiger partial charge in [0, 0.05) is 7.05 Å². The lowest BCUT2D eigenvalue weighted by atomic mass is 10.2. The van der Waals surface area contributed by atoms with Gasteiger partial charge in [0.2, 0.25) is 0 Å². The Balaban J connectivity index is 1.84. The SMILES string of the molecule is Cc1ccc(S(=O)(=O)N(C)c2ccc(Oc3cccc(F)c3C#N)cc2)cc1. The van der Waals surface area contributed by atoms with Crippen LogP contribution < -0.4 is 9.04 Å². The molecular formula is C21H17FN2O3S. The van der Waals surface area contributed by atoms with Crippen molar-refractivity contribution in [2.45, 2.75) is 11.8 Å². The third kappa shape index (κ3) is 3.82. The number of hydrogen-bond donors (Lipinski definition) is 0. The fourth-order valence-electron chi connectivity index (χ4n) is 2.56. The van der Waals surface area contributed by atoms with Crippen LogP contribution in [-0.2, 0) is 10.0 Å². The molecular weight excluding hydrogens is 379 g/mol. The molecule has 0 spiro atoms. The van der Waals surface area contributed by atoms with Crippen molar-refractivity contribution in [1.82, 2.24) is 0 Å². The zero-order valence-electron chi connectivity index (χ0n) is 15.3. The van der Waals surface area contributed by atoms with Gasteiger partial charge >= 0.3 is 0 Å². The highest BCUT2D eigenvalue weighted by molar-refractivity contribution is 7.92. The number of rotatable bonds is 5. The number of sulfonamides is 1. The molecule has 7 heteroatoms. The average molecular weight is 396 g/mol. The van der Waals surface area contributed by atoms with Gasteiger partial charge in [-0.05, 0) is 55.5 Å². The number of halogens is 1. The molecule has 0 bridgehead atoms. The van der Waals surface area contributed by atoms with Gasteiger partial charge in [0.05, 0.1) is 10.6 Å². The van der Waals surface area contributed by atoms with Crippen LogP contribution in [0.3, 0.4) is 0 Å². The van der Waals surface area contributed by atoms with Crippen LogP contribution in [0, 0.1) is 24.1 Å². The quantitative estimate of drug-likeness (QED) is 0.631. The van der Waals surface area contributed by atoms with Crippen LogP contribution in [-0.4, -0.2) is 15.5 Å². The highest BCUT2D eigenvalue weighted by Gasteiger charge is 2.21. The van der Waals surface area contributed by atoms with Crippen LogP contribution in [0.25, 0.3) is 0 Å². The zero-order valence-corrected chi connectivity index (χ0v) is 16.1. The van der Waals surface area contributed by atoms with E-state index in [4.69, 9.17) is 10.00 Å². The summed E-state index contributed by atoms with van der Waals surface area (Å²) in [6, 6.07) is 18.8. The Morgan fingerprint density at radius 3 is 2.25 bits per heavy atom. The van der Waals surface area contributed by atoms with Gasteiger partial charge in [-0.3, -0.25) is 4.31 Å². The van der Waals surface area contributed by atoms with E-state index in [0.717, 1.165) is 5.56 Å². The van der Waals surface area contributed by atoms with Gasteiger partial charge in [-0.25, -0.2) is 12.8 Å². The minimum Gasteiger partial charge on any atom is -0.456 e. The van der Waals surface area contributed by atoms with Crippen LogP contribution >= 0.6 is 0 Å². The molecule has 0 unspecified atom stereocenters. The molecule has 0 amide bonds. The maximum Gasteiger partial charge on any atom is 0.264 e. The lowest BCUT2D eigenvalue weighted by molar-refractivity contribution is 0.474. The molecule has 0 heterocycles. The molecule has 0 aromatic heterocycles. The van der Waals surface area contributed by atoms with E-state index < -0.39 is 15.8 Å². The summed E-state index contributed by atoms with van der Waals surface area (Å²) in [5.74, 6) is -0.219. The fraction of sp³-hybridized carbons (Fsp3) is 0.0952. The topological polar surface area (TPSA) is 70.4 Å². The second-order valence-corrected chi connectivity index (χ2v) is 8.08. The summed E-state index contributed by atoms with van der Waals surface area (Å²) in [6.07, 6.45) is 0. The van der Waals surface area contributed by atoms with E-state index in [1.54, 1.807) is 54.6 Å². The molecule has 3 rings (SSSR count). The van der Waals surface area contributed by atoms with E-state index in [-0.39, 0.29) is 16.2 Å². The largest absolute Gasteiger partial charge is 0.456 e. The number of nitrogens with zero attached hydrogens (tertiary/aromatic N) is 2. The van der Waals surface area contributed by atoms with E-state index >= 15 is 0 Å². The molecule has 5 nitrogen and oxygen atoms in total. The van der Waals surface area contributed by atoms with Crippen molar-refractivity contribution >= 4 is 15.7 Å². The summed E-state index contributed by atoms with van der Waals surface area (Å²) in [5.41, 5.74) is 1.22. The first-order valence-corrected chi connectivity index (χ1v) is 9.79. The predicted octanol–water partition coefficient (Wildman–Crippen LogP) is 4.62. The van der Waals surface area contributed by atoms with Crippen LogP contribution in [0.5, 0.6) is 11.5 Å². The molecule has 0 fully saturated rings. The van der Waals surface area contributed by atoms with Crippen molar-refractivity contribution in [3.63, 3.8) is 0 Å². The summed E-state index contributed by atoms with van der Waals surface area (Å²) in [6.45, 7) is 1.88. The number of anilines is 1. The molecule has 0 saturated heterocycles. The Bertz CT molecular complexity index is 1140. The van der Waals surface area contributed by atoms with Crippen molar-refractivity contribution in [1.29, 1.82) is 5.26 Å².